The second-order valence-corrected chi connectivity index (χ2v) is 4.18. The summed E-state index contributed by atoms with van der Waals surface area (Å²) in [5, 5.41) is 16.8. The minimum atomic E-state index is -0.167. The van der Waals surface area contributed by atoms with Crippen LogP contribution in [-0.2, 0) is 0 Å². The molecule has 0 aliphatic heterocycles. The van der Waals surface area contributed by atoms with E-state index in [2.05, 4.69) is 0 Å². The van der Waals surface area contributed by atoms with Crippen molar-refractivity contribution in [3.63, 3.8) is 0 Å². The average Bonchev–Trinajstić information content (AvgIpc) is 2.08. The molecule has 4 heteroatoms. The Bertz CT molecular complexity index is 215. The van der Waals surface area contributed by atoms with Crippen molar-refractivity contribution < 1.29 is 10.2 Å². The summed E-state index contributed by atoms with van der Waals surface area (Å²) in [7, 11) is 0. The fourth-order valence-corrected chi connectivity index (χ4v) is 0.589. The van der Waals surface area contributed by atoms with Crippen LogP contribution < -0.4 is 5.73 Å². The van der Waals surface area contributed by atoms with Crippen molar-refractivity contribution >= 4 is 17.3 Å². The summed E-state index contributed by atoms with van der Waals surface area (Å²) >= 11 is 5.56. The van der Waals surface area contributed by atoms with E-state index in [0.717, 1.165) is 10.7 Å². The van der Waals surface area contributed by atoms with E-state index in [4.69, 9.17) is 27.5 Å². The Balaban J connectivity index is 0. The summed E-state index contributed by atoms with van der Waals surface area (Å²) in [6.07, 6.45) is -0.333. The van der Waals surface area contributed by atoms with Crippen LogP contribution in [0.1, 0.15) is 27.7 Å². The minimum Gasteiger partial charge on any atom is -0.399 e. The first-order valence-electron chi connectivity index (χ1n) is 5.12. The molecule has 1 rings (SSSR count). The lowest BCUT2D eigenvalue weighted by molar-refractivity contribution is 0.215. The highest BCUT2D eigenvalue weighted by Crippen LogP contribution is 2.09. The molecule has 0 bridgehead atoms. The monoisotopic (exact) mass is 247 g/mol. The maximum Gasteiger partial charge on any atom is 0.0483 e. The predicted octanol–water partition coefficient (Wildman–Crippen LogP) is 2.70. The van der Waals surface area contributed by atoms with Crippen molar-refractivity contribution in [2.24, 2.45) is 0 Å². The molecule has 0 radical (unpaired) electrons. The van der Waals surface area contributed by atoms with Crippen LogP contribution in [0.4, 0.5) is 5.69 Å². The molecule has 0 atom stereocenters. The van der Waals surface area contributed by atoms with Gasteiger partial charge in [-0.1, -0.05) is 11.6 Å². The molecule has 1 aromatic carbocycles. The Kier molecular flexibility index (Phi) is 11.8. The fourth-order valence-electron chi connectivity index (χ4n) is 0.463. The molecular weight excluding hydrogens is 226 g/mol. The van der Waals surface area contributed by atoms with E-state index in [-0.39, 0.29) is 12.2 Å². The van der Waals surface area contributed by atoms with Crippen LogP contribution in [0.3, 0.4) is 0 Å². The molecule has 0 aliphatic rings. The van der Waals surface area contributed by atoms with E-state index in [1.54, 1.807) is 52.0 Å². The molecule has 0 aliphatic carbocycles. The van der Waals surface area contributed by atoms with Crippen molar-refractivity contribution in [3.05, 3.63) is 29.3 Å². The van der Waals surface area contributed by atoms with Gasteiger partial charge in [-0.25, -0.2) is 0 Å². The second-order valence-electron chi connectivity index (χ2n) is 3.74. The highest BCUT2D eigenvalue weighted by atomic mass is 35.5. The topological polar surface area (TPSA) is 66.5 Å². The number of nitrogens with two attached hydrogens (primary N) is 1. The van der Waals surface area contributed by atoms with E-state index in [1.807, 2.05) is 0 Å². The van der Waals surface area contributed by atoms with Crippen molar-refractivity contribution in [2.45, 2.75) is 39.9 Å². The van der Waals surface area contributed by atoms with Gasteiger partial charge in [-0.15, -0.1) is 0 Å². The van der Waals surface area contributed by atoms with Crippen LogP contribution in [-0.4, -0.2) is 22.4 Å². The van der Waals surface area contributed by atoms with Gasteiger partial charge in [0.25, 0.3) is 0 Å². The van der Waals surface area contributed by atoms with Crippen molar-refractivity contribution in [3.8, 4) is 0 Å². The molecule has 94 valence electrons. The molecule has 0 spiro atoms. The Morgan fingerprint density at radius 2 is 1.19 bits per heavy atom. The smallest absolute Gasteiger partial charge is 0.0483 e. The van der Waals surface area contributed by atoms with E-state index in [0.29, 0.717) is 0 Å². The standard InChI is InChI=1S/C6H6ClN.2C3H8O/c7-5-1-3-6(8)4-2-5;2*1-3(2)4/h1-4H,8H2;2*3-4H,1-2H3. The van der Waals surface area contributed by atoms with Crippen LogP contribution in [0.25, 0.3) is 0 Å². The van der Waals surface area contributed by atoms with E-state index in [1.165, 1.54) is 0 Å². The number of anilines is 1. The van der Waals surface area contributed by atoms with Crippen molar-refractivity contribution in [1.29, 1.82) is 0 Å². The number of hydrogen-bond acceptors (Lipinski definition) is 3. The summed E-state index contributed by atoms with van der Waals surface area (Å²) in [6, 6.07) is 7.05. The van der Waals surface area contributed by atoms with Crippen molar-refractivity contribution in [2.75, 3.05) is 5.73 Å². The third-order valence-corrected chi connectivity index (χ3v) is 1.12. The molecule has 16 heavy (non-hydrogen) atoms. The Labute approximate surface area is 103 Å². The first-order valence-corrected chi connectivity index (χ1v) is 5.50. The Morgan fingerprint density at radius 3 is 1.38 bits per heavy atom. The van der Waals surface area contributed by atoms with Crippen LogP contribution in [0, 0.1) is 0 Å². The lowest BCUT2D eigenvalue weighted by Gasteiger charge is -1.88. The third-order valence-electron chi connectivity index (χ3n) is 0.870. The first-order chi connectivity index (χ1) is 7.25. The maximum absolute atomic E-state index is 8.06. The molecule has 0 saturated heterocycles. The molecule has 1 aromatic rings. The summed E-state index contributed by atoms with van der Waals surface area (Å²) in [5.74, 6) is 0. The number of hydrogen-bond donors (Lipinski definition) is 3. The van der Waals surface area contributed by atoms with Gasteiger partial charge in [0, 0.05) is 22.9 Å². The lowest BCUT2D eigenvalue weighted by Crippen LogP contribution is -1.85. The van der Waals surface area contributed by atoms with Crippen LogP contribution >= 0.6 is 11.6 Å². The molecule has 0 aromatic heterocycles. The predicted molar refractivity (Wildman–Crippen MR) is 70.6 cm³/mol. The zero-order chi connectivity index (χ0) is 13.1. The molecule has 0 saturated carbocycles. The van der Waals surface area contributed by atoms with E-state index in [9.17, 15) is 0 Å². The largest absolute Gasteiger partial charge is 0.399 e. The number of nitrogen functional groups attached to an aromatic ring is 1. The molecule has 0 heterocycles. The van der Waals surface area contributed by atoms with Crippen LogP contribution in [0.5, 0.6) is 0 Å². The van der Waals surface area contributed by atoms with Gasteiger partial charge in [0.1, 0.15) is 0 Å². The molecule has 4 N–H and O–H groups in total. The molecule has 0 fully saturated rings. The number of aliphatic hydroxyl groups excluding tert-OH is 2. The molecule has 3 nitrogen and oxygen atoms in total. The lowest BCUT2D eigenvalue weighted by atomic mass is 10.3. The SMILES string of the molecule is CC(C)O.CC(C)O.Nc1ccc(Cl)cc1. The summed E-state index contributed by atoms with van der Waals surface area (Å²) in [5.41, 5.74) is 6.11. The zero-order valence-corrected chi connectivity index (χ0v) is 11.1. The molecular formula is C12H22ClNO2. The highest BCUT2D eigenvalue weighted by Gasteiger charge is 1.82. The van der Waals surface area contributed by atoms with Gasteiger partial charge < -0.3 is 15.9 Å². The van der Waals surface area contributed by atoms with Gasteiger partial charge in [0.15, 0.2) is 0 Å². The first kappa shape index (κ1) is 17.6. The minimum absolute atomic E-state index is 0.167. The summed E-state index contributed by atoms with van der Waals surface area (Å²) in [4.78, 5) is 0. The Morgan fingerprint density at radius 1 is 0.938 bits per heavy atom. The number of benzene rings is 1. The van der Waals surface area contributed by atoms with Crippen LogP contribution in [0.2, 0.25) is 5.02 Å². The van der Waals surface area contributed by atoms with E-state index >= 15 is 0 Å². The average molecular weight is 248 g/mol. The number of aliphatic hydroxyl groups is 2. The van der Waals surface area contributed by atoms with Gasteiger partial charge in [-0.3, -0.25) is 0 Å². The maximum atomic E-state index is 8.06. The number of halogens is 1. The quantitative estimate of drug-likeness (QED) is 0.618. The summed E-state index contributed by atoms with van der Waals surface area (Å²) in [6.45, 7) is 6.89. The van der Waals surface area contributed by atoms with Crippen LogP contribution in [0.15, 0.2) is 24.3 Å². The van der Waals surface area contributed by atoms with Gasteiger partial charge in [0.2, 0.25) is 0 Å². The van der Waals surface area contributed by atoms with Gasteiger partial charge in [0.05, 0.1) is 0 Å². The van der Waals surface area contributed by atoms with E-state index < -0.39 is 0 Å². The number of rotatable bonds is 0. The highest BCUT2D eigenvalue weighted by molar-refractivity contribution is 6.30. The second kappa shape index (κ2) is 10.7. The zero-order valence-electron chi connectivity index (χ0n) is 10.3. The summed E-state index contributed by atoms with van der Waals surface area (Å²) < 4.78 is 0. The third kappa shape index (κ3) is 23.2. The van der Waals surface area contributed by atoms with Crippen molar-refractivity contribution in [1.82, 2.24) is 0 Å². The normalized spacial score (nSPS) is 9.06. The van der Waals surface area contributed by atoms with Gasteiger partial charge in [-0.05, 0) is 52.0 Å². The van der Waals surface area contributed by atoms with Gasteiger partial charge in [-0.2, -0.15) is 0 Å². The molecule has 0 unspecified atom stereocenters. The van der Waals surface area contributed by atoms with Gasteiger partial charge >= 0.3 is 0 Å². The Hall–Kier alpha value is -0.770. The molecule has 0 amide bonds. The fraction of sp³-hybridized carbons (Fsp3) is 0.500.